The average molecular weight is 395 g/mol. The number of nitrogens with one attached hydrogen (secondary N) is 1. The number of alkyl halides is 3. The fourth-order valence-electron chi connectivity index (χ4n) is 2.11. The third kappa shape index (κ3) is 4.02. The molecular formula is C14H10ClF3N2O4S. The second-order valence-corrected chi connectivity index (χ2v) is 7.01. The molecule has 0 atom stereocenters. The number of benzene rings is 2. The van der Waals surface area contributed by atoms with Gasteiger partial charge in [0.2, 0.25) is 0 Å². The Bertz CT molecular complexity index is 946. The molecule has 25 heavy (non-hydrogen) atoms. The minimum atomic E-state index is -4.76. The monoisotopic (exact) mass is 394 g/mol. The summed E-state index contributed by atoms with van der Waals surface area (Å²) in [6.07, 6.45) is -4.76. The van der Waals surface area contributed by atoms with Gasteiger partial charge in [0.25, 0.3) is 15.7 Å². The normalized spacial score (nSPS) is 12.0. The first-order chi connectivity index (χ1) is 11.4. The van der Waals surface area contributed by atoms with E-state index in [1.54, 1.807) is 0 Å². The summed E-state index contributed by atoms with van der Waals surface area (Å²) < 4.78 is 65.3. The van der Waals surface area contributed by atoms with Gasteiger partial charge in [-0.2, -0.15) is 13.2 Å². The van der Waals surface area contributed by atoms with Crippen LogP contribution in [0.1, 0.15) is 11.1 Å². The Hall–Kier alpha value is -2.33. The Balaban J connectivity index is 2.47. The first-order valence-electron chi connectivity index (χ1n) is 6.57. The highest BCUT2D eigenvalue weighted by Crippen LogP contribution is 2.36. The zero-order valence-corrected chi connectivity index (χ0v) is 14.0. The van der Waals surface area contributed by atoms with Gasteiger partial charge in [-0.05, 0) is 31.2 Å². The lowest BCUT2D eigenvalue weighted by Gasteiger charge is -2.13. The van der Waals surface area contributed by atoms with Crippen molar-refractivity contribution in [1.29, 1.82) is 0 Å². The van der Waals surface area contributed by atoms with Gasteiger partial charge in [0.15, 0.2) is 0 Å². The quantitative estimate of drug-likeness (QED) is 0.615. The Labute approximate surface area is 145 Å². The van der Waals surface area contributed by atoms with Gasteiger partial charge in [-0.3, -0.25) is 14.8 Å². The van der Waals surface area contributed by atoms with Crippen molar-refractivity contribution in [3.8, 4) is 0 Å². The van der Waals surface area contributed by atoms with E-state index in [0.717, 1.165) is 24.3 Å². The molecule has 2 aromatic rings. The number of halogens is 4. The van der Waals surface area contributed by atoms with Gasteiger partial charge in [-0.1, -0.05) is 17.7 Å². The number of hydrogen-bond acceptors (Lipinski definition) is 4. The lowest BCUT2D eigenvalue weighted by atomic mass is 10.2. The van der Waals surface area contributed by atoms with E-state index in [9.17, 15) is 31.7 Å². The standard InChI is InChI=1S/C14H10ClF3N2O4S/c1-8-12(20(21)22)3-2-4-13(8)25(23,24)19-9-5-6-11(15)10(7-9)14(16,17)18/h2-7,19H,1H3. The molecule has 6 nitrogen and oxygen atoms in total. The molecule has 0 unspecified atom stereocenters. The summed E-state index contributed by atoms with van der Waals surface area (Å²) in [6.45, 7) is 1.23. The predicted molar refractivity (Wildman–Crippen MR) is 85.1 cm³/mol. The zero-order valence-electron chi connectivity index (χ0n) is 12.5. The van der Waals surface area contributed by atoms with Gasteiger partial charge < -0.3 is 0 Å². The second kappa shape index (κ2) is 6.52. The Kier molecular flexibility index (Phi) is 4.96. The number of rotatable bonds is 4. The van der Waals surface area contributed by atoms with E-state index in [0.29, 0.717) is 6.07 Å². The van der Waals surface area contributed by atoms with Crippen LogP contribution in [0.25, 0.3) is 0 Å². The van der Waals surface area contributed by atoms with Gasteiger partial charge in [0.1, 0.15) is 0 Å². The van der Waals surface area contributed by atoms with Gasteiger partial charge >= 0.3 is 6.18 Å². The maximum atomic E-state index is 12.9. The van der Waals surface area contributed by atoms with Crippen LogP contribution in [0.4, 0.5) is 24.5 Å². The smallest absolute Gasteiger partial charge is 0.280 e. The molecule has 2 aromatic carbocycles. The van der Waals surface area contributed by atoms with Crippen LogP contribution in [0.5, 0.6) is 0 Å². The van der Waals surface area contributed by atoms with Crippen LogP contribution in [0.3, 0.4) is 0 Å². The fraction of sp³-hybridized carbons (Fsp3) is 0.143. The predicted octanol–water partition coefficient (Wildman–Crippen LogP) is 4.38. The molecule has 11 heteroatoms. The average Bonchev–Trinajstić information content (AvgIpc) is 2.47. The molecule has 0 saturated heterocycles. The largest absolute Gasteiger partial charge is 0.417 e. The summed E-state index contributed by atoms with van der Waals surface area (Å²) in [4.78, 5) is 9.74. The van der Waals surface area contributed by atoms with Crippen LogP contribution >= 0.6 is 11.6 Å². The molecule has 0 spiro atoms. The maximum Gasteiger partial charge on any atom is 0.417 e. The lowest BCUT2D eigenvalue weighted by Crippen LogP contribution is -2.16. The minimum absolute atomic E-state index is 0.134. The molecule has 0 saturated carbocycles. The van der Waals surface area contributed by atoms with Crippen LogP contribution in [0.15, 0.2) is 41.3 Å². The van der Waals surface area contributed by atoms with Crippen molar-refractivity contribution in [3.05, 3.63) is 62.7 Å². The lowest BCUT2D eigenvalue weighted by molar-refractivity contribution is -0.385. The molecule has 0 heterocycles. The van der Waals surface area contributed by atoms with Crippen molar-refractivity contribution in [2.45, 2.75) is 18.0 Å². The summed E-state index contributed by atoms with van der Waals surface area (Å²) in [7, 11) is -4.34. The molecule has 0 aliphatic carbocycles. The fourth-order valence-corrected chi connectivity index (χ4v) is 3.65. The van der Waals surface area contributed by atoms with Crippen LogP contribution in [-0.4, -0.2) is 13.3 Å². The zero-order chi connectivity index (χ0) is 19.0. The Morgan fingerprint density at radius 1 is 1.20 bits per heavy atom. The molecule has 134 valence electrons. The van der Waals surface area contributed by atoms with Gasteiger partial charge in [0, 0.05) is 17.3 Å². The van der Waals surface area contributed by atoms with Crippen LogP contribution in [0.2, 0.25) is 5.02 Å². The van der Waals surface area contributed by atoms with Crippen molar-refractivity contribution in [2.75, 3.05) is 4.72 Å². The molecule has 0 aliphatic heterocycles. The summed E-state index contributed by atoms with van der Waals surface area (Å²) in [6, 6.07) is 5.92. The SMILES string of the molecule is Cc1c([N+](=O)[O-])cccc1S(=O)(=O)Nc1ccc(Cl)c(C(F)(F)F)c1. The molecule has 0 radical (unpaired) electrons. The van der Waals surface area contributed by atoms with Crippen molar-refractivity contribution in [3.63, 3.8) is 0 Å². The molecule has 1 N–H and O–H groups in total. The van der Waals surface area contributed by atoms with Crippen molar-refractivity contribution in [2.24, 2.45) is 0 Å². The molecule has 0 aliphatic rings. The Morgan fingerprint density at radius 2 is 1.84 bits per heavy atom. The maximum absolute atomic E-state index is 12.9. The molecule has 0 bridgehead atoms. The number of nitrogens with zero attached hydrogens (tertiary/aromatic N) is 1. The van der Waals surface area contributed by atoms with E-state index in [-0.39, 0.29) is 11.3 Å². The molecule has 2 rings (SSSR count). The van der Waals surface area contributed by atoms with Gasteiger partial charge in [-0.25, -0.2) is 8.42 Å². The Morgan fingerprint density at radius 3 is 2.40 bits per heavy atom. The van der Waals surface area contributed by atoms with E-state index in [4.69, 9.17) is 11.6 Å². The van der Waals surface area contributed by atoms with Gasteiger partial charge in [0.05, 0.1) is 20.4 Å². The highest BCUT2D eigenvalue weighted by molar-refractivity contribution is 7.92. The van der Waals surface area contributed by atoms with Crippen molar-refractivity contribution < 1.29 is 26.5 Å². The topological polar surface area (TPSA) is 89.3 Å². The third-order valence-electron chi connectivity index (χ3n) is 3.27. The minimum Gasteiger partial charge on any atom is -0.280 e. The number of hydrogen-bond donors (Lipinski definition) is 1. The van der Waals surface area contributed by atoms with Crippen LogP contribution < -0.4 is 4.72 Å². The van der Waals surface area contributed by atoms with E-state index >= 15 is 0 Å². The van der Waals surface area contributed by atoms with Crippen LogP contribution in [0, 0.1) is 17.0 Å². The van der Waals surface area contributed by atoms with Gasteiger partial charge in [-0.15, -0.1) is 0 Å². The van der Waals surface area contributed by atoms with Crippen molar-refractivity contribution in [1.82, 2.24) is 0 Å². The first-order valence-corrected chi connectivity index (χ1v) is 8.43. The molecular weight excluding hydrogens is 385 g/mol. The number of nitro groups is 1. The molecule has 0 fully saturated rings. The van der Waals surface area contributed by atoms with E-state index in [2.05, 4.69) is 0 Å². The van der Waals surface area contributed by atoms with E-state index in [1.165, 1.54) is 13.0 Å². The summed E-state index contributed by atoms with van der Waals surface area (Å²) in [5, 5.41) is 10.3. The highest BCUT2D eigenvalue weighted by atomic mass is 35.5. The van der Waals surface area contributed by atoms with Crippen molar-refractivity contribution >= 4 is 33.0 Å². The summed E-state index contributed by atoms with van der Waals surface area (Å²) in [5.74, 6) is 0. The summed E-state index contributed by atoms with van der Waals surface area (Å²) in [5.41, 5.74) is -2.13. The van der Waals surface area contributed by atoms with E-state index < -0.39 is 42.3 Å². The molecule has 0 aromatic heterocycles. The van der Waals surface area contributed by atoms with E-state index in [1.807, 2.05) is 4.72 Å². The summed E-state index contributed by atoms with van der Waals surface area (Å²) >= 11 is 5.48. The highest BCUT2D eigenvalue weighted by Gasteiger charge is 2.34. The van der Waals surface area contributed by atoms with Crippen LogP contribution in [-0.2, 0) is 16.2 Å². The first kappa shape index (κ1) is 19.0. The number of sulfonamides is 1. The third-order valence-corrected chi connectivity index (χ3v) is 5.12. The molecule has 0 amide bonds. The number of anilines is 1. The number of nitro benzene ring substituents is 1. The second-order valence-electron chi connectivity index (χ2n) is 4.96.